The molecule has 17 heavy (non-hydrogen) atoms. The molecule has 2 N–H and O–H groups in total. The van der Waals surface area contributed by atoms with Gasteiger partial charge in [-0.05, 0) is 31.4 Å². The molecule has 0 aromatic heterocycles. The standard InChI is InChI=1S/C14H22N2O/c1-3-16(9-11-4-5-11)10-12-6-7-13(15)8-14(12)17-2/h6-8,11H,3-5,9-10,15H2,1-2H3. The Bertz CT molecular complexity index is 374. The number of hydrogen-bond donors (Lipinski definition) is 1. The second-order valence-electron chi connectivity index (χ2n) is 4.84. The Morgan fingerprint density at radius 1 is 1.41 bits per heavy atom. The number of nitrogens with two attached hydrogens (primary N) is 1. The minimum Gasteiger partial charge on any atom is -0.496 e. The number of methoxy groups -OCH3 is 1. The van der Waals surface area contributed by atoms with Crippen LogP contribution in [0.15, 0.2) is 18.2 Å². The van der Waals surface area contributed by atoms with Crippen molar-refractivity contribution in [2.75, 3.05) is 25.9 Å². The molecule has 0 unspecified atom stereocenters. The van der Waals surface area contributed by atoms with Crippen LogP contribution in [0.5, 0.6) is 5.75 Å². The van der Waals surface area contributed by atoms with Crippen LogP contribution in [-0.4, -0.2) is 25.1 Å². The van der Waals surface area contributed by atoms with Crippen LogP contribution in [0.4, 0.5) is 5.69 Å². The van der Waals surface area contributed by atoms with Gasteiger partial charge in [0.15, 0.2) is 0 Å². The summed E-state index contributed by atoms with van der Waals surface area (Å²) in [7, 11) is 1.70. The third kappa shape index (κ3) is 3.37. The summed E-state index contributed by atoms with van der Waals surface area (Å²) in [6, 6.07) is 5.92. The van der Waals surface area contributed by atoms with E-state index in [2.05, 4.69) is 17.9 Å². The molecule has 0 saturated heterocycles. The molecule has 1 aliphatic rings. The molecular formula is C14H22N2O. The van der Waals surface area contributed by atoms with E-state index in [4.69, 9.17) is 10.5 Å². The van der Waals surface area contributed by atoms with Gasteiger partial charge in [-0.2, -0.15) is 0 Å². The first kappa shape index (κ1) is 12.2. The van der Waals surface area contributed by atoms with E-state index < -0.39 is 0 Å². The van der Waals surface area contributed by atoms with Crippen molar-refractivity contribution in [3.05, 3.63) is 23.8 Å². The highest BCUT2D eigenvalue weighted by Gasteiger charge is 2.24. The largest absolute Gasteiger partial charge is 0.496 e. The highest BCUT2D eigenvalue weighted by Crippen LogP contribution is 2.31. The van der Waals surface area contributed by atoms with Gasteiger partial charge in [0.2, 0.25) is 0 Å². The number of hydrogen-bond acceptors (Lipinski definition) is 3. The minimum atomic E-state index is 0.760. The van der Waals surface area contributed by atoms with Crippen molar-refractivity contribution in [3.8, 4) is 5.75 Å². The molecule has 1 saturated carbocycles. The lowest BCUT2D eigenvalue weighted by Crippen LogP contribution is -2.25. The van der Waals surface area contributed by atoms with E-state index in [1.54, 1.807) is 7.11 Å². The van der Waals surface area contributed by atoms with Gasteiger partial charge in [0.1, 0.15) is 5.75 Å². The summed E-state index contributed by atoms with van der Waals surface area (Å²) in [5, 5.41) is 0. The fourth-order valence-corrected chi connectivity index (χ4v) is 2.10. The Balaban J connectivity index is 2.04. The molecule has 3 heteroatoms. The molecule has 0 radical (unpaired) electrons. The Kier molecular flexibility index (Phi) is 3.89. The van der Waals surface area contributed by atoms with Crippen molar-refractivity contribution >= 4 is 5.69 Å². The molecule has 0 heterocycles. The average Bonchev–Trinajstić information content (AvgIpc) is 3.14. The topological polar surface area (TPSA) is 38.5 Å². The molecule has 1 aromatic carbocycles. The van der Waals surface area contributed by atoms with Crippen LogP contribution >= 0.6 is 0 Å². The van der Waals surface area contributed by atoms with Gasteiger partial charge in [0.25, 0.3) is 0 Å². The second kappa shape index (κ2) is 5.41. The molecule has 1 aromatic rings. The van der Waals surface area contributed by atoms with E-state index >= 15 is 0 Å². The predicted octanol–water partition coefficient (Wildman–Crippen LogP) is 2.51. The normalized spacial score (nSPS) is 15.2. The van der Waals surface area contributed by atoms with Crippen molar-refractivity contribution in [3.63, 3.8) is 0 Å². The quantitative estimate of drug-likeness (QED) is 0.769. The van der Waals surface area contributed by atoms with Gasteiger partial charge in [-0.1, -0.05) is 13.0 Å². The molecule has 2 rings (SSSR count). The number of nitrogen functional groups attached to an aromatic ring is 1. The van der Waals surface area contributed by atoms with Crippen LogP contribution in [0, 0.1) is 5.92 Å². The molecule has 94 valence electrons. The maximum atomic E-state index is 5.76. The first-order valence-electron chi connectivity index (χ1n) is 6.37. The Morgan fingerprint density at radius 2 is 2.18 bits per heavy atom. The molecular weight excluding hydrogens is 212 g/mol. The molecule has 1 aliphatic carbocycles. The zero-order valence-corrected chi connectivity index (χ0v) is 10.8. The van der Waals surface area contributed by atoms with E-state index in [-0.39, 0.29) is 0 Å². The van der Waals surface area contributed by atoms with Crippen molar-refractivity contribution in [2.24, 2.45) is 5.92 Å². The van der Waals surface area contributed by atoms with Gasteiger partial charge in [0, 0.05) is 30.4 Å². The Labute approximate surface area is 104 Å². The zero-order chi connectivity index (χ0) is 12.3. The van der Waals surface area contributed by atoms with Crippen LogP contribution < -0.4 is 10.5 Å². The summed E-state index contributed by atoms with van der Waals surface area (Å²) in [6.07, 6.45) is 2.80. The number of ether oxygens (including phenoxy) is 1. The Morgan fingerprint density at radius 3 is 2.76 bits per heavy atom. The number of rotatable bonds is 6. The van der Waals surface area contributed by atoms with Crippen LogP contribution in [0.1, 0.15) is 25.3 Å². The van der Waals surface area contributed by atoms with Gasteiger partial charge < -0.3 is 10.5 Å². The van der Waals surface area contributed by atoms with E-state index in [1.807, 2.05) is 12.1 Å². The summed E-state index contributed by atoms with van der Waals surface area (Å²) in [5.74, 6) is 1.83. The average molecular weight is 234 g/mol. The van der Waals surface area contributed by atoms with Gasteiger partial charge in [-0.15, -0.1) is 0 Å². The van der Waals surface area contributed by atoms with Crippen molar-refractivity contribution < 1.29 is 4.74 Å². The maximum absolute atomic E-state index is 5.76. The summed E-state index contributed by atoms with van der Waals surface area (Å²) in [5.41, 5.74) is 7.75. The molecule has 3 nitrogen and oxygen atoms in total. The summed E-state index contributed by atoms with van der Waals surface area (Å²) in [4.78, 5) is 2.48. The zero-order valence-electron chi connectivity index (χ0n) is 10.8. The van der Waals surface area contributed by atoms with Crippen LogP contribution in [-0.2, 0) is 6.54 Å². The molecule has 1 fully saturated rings. The van der Waals surface area contributed by atoms with E-state index in [0.717, 1.165) is 30.4 Å². The second-order valence-corrected chi connectivity index (χ2v) is 4.84. The molecule has 0 atom stereocenters. The van der Waals surface area contributed by atoms with Gasteiger partial charge >= 0.3 is 0 Å². The van der Waals surface area contributed by atoms with E-state index in [1.165, 1.54) is 24.9 Å². The third-order valence-electron chi connectivity index (χ3n) is 3.37. The highest BCUT2D eigenvalue weighted by molar-refractivity contribution is 5.48. The van der Waals surface area contributed by atoms with Crippen molar-refractivity contribution in [2.45, 2.75) is 26.3 Å². The van der Waals surface area contributed by atoms with Crippen molar-refractivity contribution in [1.82, 2.24) is 4.90 Å². The monoisotopic (exact) mass is 234 g/mol. The van der Waals surface area contributed by atoms with Crippen LogP contribution in [0.3, 0.4) is 0 Å². The fraction of sp³-hybridized carbons (Fsp3) is 0.571. The van der Waals surface area contributed by atoms with Gasteiger partial charge in [-0.25, -0.2) is 0 Å². The lowest BCUT2D eigenvalue weighted by molar-refractivity contribution is 0.263. The molecule has 0 bridgehead atoms. The number of benzene rings is 1. The molecule has 0 aliphatic heterocycles. The lowest BCUT2D eigenvalue weighted by atomic mass is 10.1. The summed E-state index contributed by atoms with van der Waals surface area (Å²) in [6.45, 7) is 5.47. The van der Waals surface area contributed by atoms with Crippen LogP contribution in [0.25, 0.3) is 0 Å². The van der Waals surface area contributed by atoms with Crippen molar-refractivity contribution in [1.29, 1.82) is 0 Å². The number of anilines is 1. The third-order valence-corrected chi connectivity index (χ3v) is 3.37. The Hall–Kier alpha value is -1.22. The fourth-order valence-electron chi connectivity index (χ4n) is 2.10. The summed E-state index contributed by atoms with van der Waals surface area (Å²) >= 11 is 0. The minimum absolute atomic E-state index is 0.760. The van der Waals surface area contributed by atoms with Crippen LogP contribution in [0.2, 0.25) is 0 Å². The molecule has 0 spiro atoms. The van der Waals surface area contributed by atoms with Gasteiger partial charge in [0.05, 0.1) is 7.11 Å². The highest BCUT2D eigenvalue weighted by atomic mass is 16.5. The van der Waals surface area contributed by atoms with Gasteiger partial charge in [-0.3, -0.25) is 4.90 Å². The SMILES string of the molecule is CCN(Cc1ccc(N)cc1OC)CC1CC1. The van der Waals surface area contributed by atoms with E-state index in [9.17, 15) is 0 Å². The first-order valence-corrected chi connectivity index (χ1v) is 6.37. The lowest BCUT2D eigenvalue weighted by Gasteiger charge is -2.21. The predicted molar refractivity (Wildman–Crippen MR) is 71.1 cm³/mol. The number of nitrogens with zero attached hydrogens (tertiary/aromatic N) is 1. The maximum Gasteiger partial charge on any atom is 0.125 e. The molecule has 0 amide bonds. The van der Waals surface area contributed by atoms with E-state index in [0.29, 0.717) is 0 Å². The summed E-state index contributed by atoms with van der Waals surface area (Å²) < 4.78 is 5.39. The first-order chi connectivity index (χ1) is 8.22. The smallest absolute Gasteiger partial charge is 0.125 e.